The number of amides is 1. The summed E-state index contributed by atoms with van der Waals surface area (Å²) in [5.41, 5.74) is 2.93. The van der Waals surface area contributed by atoms with Gasteiger partial charge >= 0.3 is 0 Å². The van der Waals surface area contributed by atoms with Crippen LogP contribution in [0.5, 0.6) is 0 Å². The number of rotatable bonds is 7. The van der Waals surface area contributed by atoms with Gasteiger partial charge in [-0.05, 0) is 37.5 Å². The molecule has 1 aliphatic rings. The number of nitrogens with one attached hydrogen (secondary N) is 2. The maximum atomic E-state index is 12.2. The fourth-order valence-corrected chi connectivity index (χ4v) is 4.05. The van der Waals surface area contributed by atoms with E-state index in [2.05, 4.69) is 39.3 Å². The lowest BCUT2D eigenvalue weighted by molar-refractivity contribution is -0.121. The van der Waals surface area contributed by atoms with E-state index in [0.717, 1.165) is 6.42 Å². The van der Waals surface area contributed by atoms with Crippen molar-refractivity contribution in [2.24, 2.45) is 4.40 Å². The summed E-state index contributed by atoms with van der Waals surface area (Å²) in [5, 5.41) is 5.93. The van der Waals surface area contributed by atoms with E-state index < -0.39 is 10.0 Å². The number of hydrogen-bond donors (Lipinski definition) is 2. The highest BCUT2D eigenvalue weighted by Crippen LogP contribution is 2.27. The molecule has 6 nitrogen and oxygen atoms in total. The molecule has 1 aliphatic heterocycles. The highest BCUT2D eigenvalue weighted by atomic mass is 32.2. The largest absolute Gasteiger partial charge is 0.356 e. The fourth-order valence-electron chi connectivity index (χ4n) is 2.88. The van der Waals surface area contributed by atoms with Crippen molar-refractivity contribution in [2.75, 3.05) is 11.9 Å². The second-order valence-electron chi connectivity index (χ2n) is 6.57. The van der Waals surface area contributed by atoms with Gasteiger partial charge in [0, 0.05) is 19.4 Å². The number of para-hydroxylation sites is 1. The number of sulfonamides is 1. The normalized spacial score (nSPS) is 14.6. The summed E-state index contributed by atoms with van der Waals surface area (Å²) >= 11 is 0. The van der Waals surface area contributed by atoms with Gasteiger partial charge in [-0.15, -0.1) is 4.40 Å². The standard InChI is InChI=1S/C20H23N3O3S/c1-15-9-11-16(12-10-15)13-14-21-20(24)8-4-7-19-22-17-5-2-3-6-18(17)27(25,26)23-19/h2-3,5-6,9-12H,4,7-8,13-14H2,1H3,(H,21,24)(H,22,23). The molecule has 0 bridgehead atoms. The van der Waals surface area contributed by atoms with E-state index in [1.54, 1.807) is 18.2 Å². The van der Waals surface area contributed by atoms with E-state index in [1.807, 2.05) is 6.92 Å². The van der Waals surface area contributed by atoms with Crippen molar-refractivity contribution >= 4 is 27.5 Å². The molecule has 0 radical (unpaired) electrons. The van der Waals surface area contributed by atoms with Crippen molar-refractivity contribution < 1.29 is 13.2 Å². The predicted octanol–water partition coefficient (Wildman–Crippen LogP) is 3.04. The molecule has 1 amide bonds. The van der Waals surface area contributed by atoms with Gasteiger partial charge < -0.3 is 10.6 Å². The minimum absolute atomic E-state index is 0.0400. The molecule has 0 unspecified atom stereocenters. The highest BCUT2D eigenvalue weighted by molar-refractivity contribution is 7.90. The molecular weight excluding hydrogens is 362 g/mol. The van der Waals surface area contributed by atoms with Crippen LogP contribution in [0.4, 0.5) is 5.69 Å². The zero-order valence-electron chi connectivity index (χ0n) is 15.2. The van der Waals surface area contributed by atoms with Crippen LogP contribution < -0.4 is 10.6 Å². The molecule has 7 heteroatoms. The van der Waals surface area contributed by atoms with Gasteiger partial charge in [-0.1, -0.05) is 42.0 Å². The Morgan fingerprint density at radius 3 is 2.59 bits per heavy atom. The Morgan fingerprint density at radius 1 is 1.07 bits per heavy atom. The number of benzene rings is 2. The smallest absolute Gasteiger partial charge is 0.286 e. The Hall–Kier alpha value is -2.67. The van der Waals surface area contributed by atoms with Crippen LogP contribution in [-0.4, -0.2) is 26.7 Å². The van der Waals surface area contributed by atoms with E-state index in [0.29, 0.717) is 37.3 Å². The number of fused-ring (bicyclic) bond motifs is 1. The molecule has 0 saturated heterocycles. The monoisotopic (exact) mass is 385 g/mol. The number of anilines is 1. The predicted molar refractivity (Wildman–Crippen MR) is 106 cm³/mol. The Kier molecular flexibility index (Phi) is 5.91. The van der Waals surface area contributed by atoms with Crippen LogP contribution in [0.3, 0.4) is 0 Å². The van der Waals surface area contributed by atoms with Crippen molar-refractivity contribution in [3.05, 3.63) is 59.7 Å². The Balaban J connectivity index is 1.43. The number of carbonyl (C=O) groups excluding carboxylic acids is 1. The second-order valence-corrected chi connectivity index (χ2v) is 8.15. The Labute approximate surface area is 159 Å². The minimum Gasteiger partial charge on any atom is -0.356 e. The lowest BCUT2D eigenvalue weighted by atomic mass is 10.1. The third-order valence-electron chi connectivity index (χ3n) is 4.35. The summed E-state index contributed by atoms with van der Waals surface area (Å²) in [7, 11) is -3.66. The Bertz CT molecular complexity index is 951. The zero-order valence-corrected chi connectivity index (χ0v) is 16.1. The first kappa shape index (κ1) is 19.1. The number of nitrogens with zero attached hydrogens (tertiary/aromatic N) is 1. The number of amidine groups is 1. The van der Waals surface area contributed by atoms with Gasteiger partial charge in [0.05, 0.1) is 5.69 Å². The lowest BCUT2D eigenvalue weighted by Crippen LogP contribution is -2.26. The Morgan fingerprint density at radius 2 is 1.81 bits per heavy atom. The van der Waals surface area contributed by atoms with E-state index in [9.17, 15) is 13.2 Å². The third-order valence-corrected chi connectivity index (χ3v) is 5.72. The summed E-state index contributed by atoms with van der Waals surface area (Å²) < 4.78 is 28.1. The minimum atomic E-state index is -3.66. The zero-order chi connectivity index (χ0) is 19.3. The average Bonchev–Trinajstić information content (AvgIpc) is 2.63. The summed E-state index contributed by atoms with van der Waals surface area (Å²) in [6.07, 6.45) is 2.05. The van der Waals surface area contributed by atoms with Gasteiger partial charge in [0.25, 0.3) is 10.0 Å². The van der Waals surface area contributed by atoms with Gasteiger partial charge in [-0.3, -0.25) is 4.79 Å². The van der Waals surface area contributed by atoms with E-state index in [4.69, 9.17) is 0 Å². The van der Waals surface area contributed by atoms with Gasteiger partial charge in [0.15, 0.2) is 0 Å². The average molecular weight is 385 g/mol. The molecule has 2 aromatic carbocycles. The highest BCUT2D eigenvalue weighted by Gasteiger charge is 2.23. The first-order valence-corrected chi connectivity index (χ1v) is 10.4. The molecular formula is C20H23N3O3S. The molecule has 2 N–H and O–H groups in total. The third kappa shape index (κ3) is 5.17. The van der Waals surface area contributed by atoms with Crippen LogP contribution >= 0.6 is 0 Å². The van der Waals surface area contributed by atoms with Crippen LogP contribution in [0, 0.1) is 6.92 Å². The summed E-state index contributed by atoms with van der Waals surface area (Å²) in [6.45, 7) is 2.63. The van der Waals surface area contributed by atoms with Crippen LogP contribution in [-0.2, 0) is 21.2 Å². The number of aryl methyl sites for hydroxylation is 1. The van der Waals surface area contributed by atoms with E-state index in [-0.39, 0.29) is 10.8 Å². The SMILES string of the molecule is Cc1ccc(CCNC(=O)CCCC2=NS(=O)(=O)c3ccccc3N2)cc1. The second kappa shape index (κ2) is 8.35. The molecule has 0 aliphatic carbocycles. The van der Waals surface area contributed by atoms with Crippen molar-refractivity contribution in [1.29, 1.82) is 0 Å². The molecule has 2 aromatic rings. The number of hydrogen-bond acceptors (Lipinski definition) is 4. The van der Waals surface area contributed by atoms with Gasteiger partial charge in [0.2, 0.25) is 5.91 Å². The molecule has 0 fully saturated rings. The maximum Gasteiger partial charge on any atom is 0.286 e. The van der Waals surface area contributed by atoms with Crippen LogP contribution in [0.2, 0.25) is 0 Å². The fraction of sp³-hybridized carbons (Fsp3) is 0.300. The van der Waals surface area contributed by atoms with Crippen molar-refractivity contribution in [3.8, 4) is 0 Å². The molecule has 142 valence electrons. The molecule has 0 saturated carbocycles. The first-order valence-electron chi connectivity index (χ1n) is 8.96. The van der Waals surface area contributed by atoms with Crippen LogP contribution in [0.1, 0.15) is 30.4 Å². The van der Waals surface area contributed by atoms with Crippen molar-refractivity contribution in [3.63, 3.8) is 0 Å². The van der Waals surface area contributed by atoms with Crippen LogP contribution in [0.15, 0.2) is 57.8 Å². The summed E-state index contributed by atoms with van der Waals surface area (Å²) in [5.74, 6) is 0.336. The molecule has 0 aromatic heterocycles. The quantitative estimate of drug-likeness (QED) is 0.767. The first-order chi connectivity index (χ1) is 12.9. The van der Waals surface area contributed by atoms with E-state index >= 15 is 0 Å². The van der Waals surface area contributed by atoms with Crippen LogP contribution in [0.25, 0.3) is 0 Å². The maximum absolute atomic E-state index is 12.2. The van der Waals surface area contributed by atoms with Crippen molar-refractivity contribution in [1.82, 2.24) is 5.32 Å². The topological polar surface area (TPSA) is 87.6 Å². The number of carbonyl (C=O) groups is 1. The molecule has 27 heavy (non-hydrogen) atoms. The summed E-state index contributed by atoms with van der Waals surface area (Å²) in [4.78, 5) is 12.1. The molecule has 1 heterocycles. The van der Waals surface area contributed by atoms with Gasteiger partial charge in [-0.25, -0.2) is 0 Å². The lowest BCUT2D eigenvalue weighted by Gasteiger charge is -2.17. The molecule has 0 spiro atoms. The summed E-state index contributed by atoms with van der Waals surface area (Å²) in [6, 6.07) is 14.9. The molecule has 0 atom stereocenters. The van der Waals surface area contributed by atoms with Crippen molar-refractivity contribution in [2.45, 2.75) is 37.5 Å². The van der Waals surface area contributed by atoms with Gasteiger partial charge in [0.1, 0.15) is 10.7 Å². The van der Waals surface area contributed by atoms with Gasteiger partial charge in [-0.2, -0.15) is 8.42 Å². The van der Waals surface area contributed by atoms with E-state index in [1.165, 1.54) is 17.2 Å². The molecule has 3 rings (SSSR count).